The number of carbonyl (C=O) groups excluding carboxylic acids is 1. The lowest BCUT2D eigenvalue weighted by Gasteiger charge is -2.46. The van der Waals surface area contributed by atoms with E-state index in [9.17, 15) is 28.1 Å². The van der Waals surface area contributed by atoms with Crippen LogP contribution in [0.1, 0.15) is 34.9 Å². The highest BCUT2D eigenvalue weighted by Crippen LogP contribution is 2.56. The van der Waals surface area contributed by atoms with Gasteiger partial charge < -0.3 is 4.79 Å². The minimum Gasteiger partial charge on any atom is -0.303 e. The molecule has 1 aliphatic carbocycles. The summed E-state index contributed by atoms with van der Waals surface area (Å²) in [5.41, 5.74) is 0.563. The van der Waals surface area contributed by atoms with E-state index in [1.54, 1.807) is 30.3 Å². The van der Waals surface area contributed by atoms with Gasteiger partial charge >= 0.3 is 6.18 Å². The largest absolute Gasteiger partial charge is 0.416 e. The van der Waals surface area contributed by atoms with E-state index in [1.807, 2.05) is 0 Å². The molecule has 0 heterocycles. The van der Waals surface area contributed by atoms with Crippen LogP contribution in [-0.4, -0.2) is 17.3 Å². The molecule has 0 aromatic heterocycles. The van der Waals surface area contributed by atoms with E-state index in [-0.39, 0.29) is 17.3 Å². The fourth-order valence-electron chi connectivity index (χ4n) is 3.93. The monoisotopic (exact) mass is 363 g/mol. The van der Waals surface area contributed by atoms with Gasteiger partial charge in [-0.15, -0.1) is 0 Å². The number of hydrogen-bond acceptors (Lipinski definition) is 3. The first kappa shape index (κ1) is 18.1. The first-order chi connectivity index (χ1) is 12.3. The number of nitrogens with zero attached hydrogens (tertiary/aromatic N) is 1. The zero-order valence-corrected chi connectivity index (χ0v) is 13.6. The minimum absolute atomic E-state index is 0.000664. The molecule has 3 rings (SSSR count). The average molecular weight is 363 g/mol. The predicted octanol–water partition coefficient (Wildman–Crippen LogP) is 4.44. The molecule has 0 saturated heterocycles. The molecule has 1 aliphatic rings. The summed E-state index contributed by atoms with van der Waals surface area (Å²) in [4.78, 5) is 22.2. The number of rotatable bonds is 5. The molecule has 2 aromatic rings. The molecule has 0 N–H and O–H groups in total. The fraction of sp³-hybridized carbons (Fsp3) is 0.316. The number of benzene rings is 2. The van der Waals surface area contributed by atoms with Gasteiger partial charge in [0.1, 0.15) is 6.29 Å². The Morgan fingerprint density at radius 1 is 0.962 bits per heavy atom. The van der Waals surface area contributed by atoms with Crippen molar-refractivity contribution in [2.45, 2.75) is 30.5 Å². The quantitative estimate of drug-likeness (QED) is 0.448. The summed E-state index contributed by atoms with van der Waals surface area (Å²) in [6.45, 7) is 0. The van der Waals surface area contributed by atoms with Crippen molar-refractivity contribution in [2.24, 2.45) is 5.92 Å². The number of alkyl halides is 3. The maximum absolute atomic E-state index is 12.8. The molecule has 4 atom stereocenters. The van der Waals surface area contributed by atoms with E-state index in [0.29, 0.717) is 11.8 Å². The average Bonchev–Trinajstić information content (AvgIpc) is 2.58. The van der Waals surface area contributed by atoms with Crippen LogP contribution in [-0.2, 0) is 11.0 Å². The summed E-state index contributed by atoms with van der Waals surface area (Å²) in [7, 11) is 0. The van der Waals surface area contributed by atoms with Crippen LogP contribution in [0.25, 0.3) is 0 Å². The van der Waals surface area contributed by atoms with Crippen LogP contribution in [0.2, 0.25) is 0 Å². The highest BCUT2D eigenvalue weighted by molar-refractivity contribution is 5.52. The Balaban J connectivity index is 2.00. The summed E-state index contributed by atoms with van der Waals surface area (Å²) >= 11 is 0. The van der Waals surface area contributed by atoms with Crippen LogP contribution in [0.15, 0.2) is 54.6 Å². The smallest absolute Gasteiger partial charge is 0.303 e. The summed E-state index contributed by atoms with van der Waals surface area (Å²) < 4.78 is 38.4. The maximum atomic E-state index is 12.8. The van der Waals surface area contributed by atoms with Gasteiger partial charge in [0, 0.05) is 23.2 Å². The molecule has 0 radical (unpaired) electrons. The zero-order valence-electron chi connectivity index (χ0n) is 13.6. The second kappa shape index (κ2) is 6.90. The Bertz CT molecular complexity index is 790. The zero-order chi connectivity index (χ0) is 18.9. The van der Waals surface area contributed by atoms with Crippen molar-refractivity contribution in [3.05, 3.63) is 81.4 Å². The Morgan fingerprint density at radius 2 is 1.54 bits per heavy atom. The first-order valence-corrected chi connectivity index (χ1v) is 8.14. The summed E-state index contributed by atoms with van der Waals surface area (Å²) in [6.07, 6.45) is -3.80. The standard InChI is InChI=1S/C19H16F3NO3/c20-19(21,22)14-8-6-13(7-9-14)16-15(10-11-24)18(23(25)26)17(16)12-4-2-1-3-5-12/h1-9,11,15-18H,10H2/t15-,16-,17+,18+/m1/s1. The second-order valence-corrected chi connectivity index (χ2v) is 6.42. The third-order valence-electron chi connectivity index (χ3n) is 5.07. The van der Waals surface area contributed by atoms with Crippen LogP contribution in [0.5, 0.6) is 0 Å². The van der Waals surface area contributed by atoms with Gasteiger partial charge in [0.05, 0.1) is 11.5 Å². The van der Waals surface area contributed by atoms with Gasteiger partial charge in [0.25, 0.3) is 0 Å². The highest BCUT2D eigenvalue weighted by atomic mass is 19.4. The maximum Gasteiger partial charge on any atom is 0.416 e. The van der Waals surface area contributed by atoms with Crippen molar-refractivity contribution >= 4 is 6.29 Å². The first-order valence-electron chi connectivity index (χ1n) is 8.14. The summed E-state index contributed by atoms with van der Waals surface area (Å²) in [5, 5.41) is 11.6. The second-order valence-electron chi connectivity index (χ2n) is 6.42. The summed E-state index contributed by atoms with van der Waals surface area (Å²) in [5.74, 6) is -1.39. The van der Waals surface area contributed by atoms with Gasteiger partial charge in [0.2, 0.25) is 6.04 Å². The molecule has 136 valence electrons. The number of nitro groups is 1. The Morgan fingerprint density at radius 3 is 2.04 bits per heavy atom. The molecule has 0 amide bonds. The van der Waals surface area contributed by atoms with Gasteiger partial charge in [-0.3, -0.25) is 10.1 Å². The van der Waals surface area contributed by atoms with Gasteiger partial charge in [-0.05, 0) is 23.3 Å². The molecule has 0 bridgehead atoms. The lowest BCUT2D eigenvalue weighted by atomic mass is 9.55. The normalized spacial score (nSPS) is 25.3. The van der Waals surface area contributed by atoms with Gasteiger partial charge in [-0.2, -0.15) is 13.2 Å². The van der Waals surface area contributed by atoms with Gasteiger partial charge in [0.15, 0.2) is 0 Å². The van der Waals surface area contributed by atoms with E-state index in [2.05, 4.69) is 0 Å². The molecule has 1 saturated carbocycles. The van der Waals surface area contributed by atoms with Gasteiger partial charge in [-0.25, -0.2) is 0 Å². The number of aldehydes is 1. The molecule has 7 heteroatoms. The van der Waals surface area contributed by atoms with Crippen molar-refractivity contribution in [3.8, 4) is 0 Å². The molecular weight excluding hydrogens is 347 g/mol. The Labute approximate surface area is 147 Å². The number of carbonyl (C=O) groups is 1. The SMILES string of the molecule is O=CC[C@@H]1[C@@H](c2ccc(C(F)(F)F)cc2)[C@H](c2ccccc2)[C@H]1[N+](=O)[O-]. The molecule has 0 aliphatic heterocycles. The van der Waals surface area contributed by atoms with Crippen molar-refractivity contribution in [3.63, 3.8) is 0 Å². The lowest BCUT2D eigenvalue weighted by molar-refractivity contribution is -0.554. The third kappa shape index (κ3) is 3.21. The van der Waals surface area contributed by atoms with Crippen molar-refractivity contribution in [1.29, 1.82) is 0 Å². The molecule has 2 aromatic carbocycles. The van der Waals surface area contributed by atoms with E-state index >= 15 is 0 Å². The van der Waals surface area contributed by atoms with Gasteiger partial charge in [-0.1, -0.05) is 42.5 Å². The molecule has 1 fully saturated rings. The van der Waals surface area contributed by atoms with E-state index in [0.717, 1.165) is 17.7 Å². The van der Waals surface area contributed by atoms with Crippen LogP contribution in [0.4, 0.5) is 13.2 Å². The topological polar surface area (TPSA) is 60.2 Å². The minimum atomic E-state index is -4.44. The molecule has 4 nitrogen and oxygen atoms in total. The lowest BCUT2D eigenvalue weighted by Crippen LogP contribution is -2.52. The molecule has 0 spiro atoms. The van der Waals surface area contributed by atoms with Crippen molar-refractivity contribution in [2.75, 3.05) is 0 Å². The van der Waals surface area contributed by atoms with Crippen LogP contribution < -0.4 is 0 Å². The molecule has 26 heavy (non-hydrogen) atoms. The third-order valence-corrected chi connectivity index (χ3v) is 5.07. The molecule has 0 unspecified atom stereocenters. The Hall–Kier alpha value is -2.70. The van der Waals surface area contributed by atoms with Crippen LogP contribution in [0.3, 0.4) is 0 Å². The summed E-state index contributed by atoms with van der Waals surface area (Å²) in [6, 6.07) is 12.6. The Kier molecular flexibility index (Phi) is 4.80. The van der Waals surface area contributed by atoms with Crippen molar-refractivity contribution in [1.82, 2.24) is 0 Å². The molecular formula is C19H16F3NO3. The predicted molar refractivity (Wildman–Crippen MR) is 88.3 cm³/mol. The fourth-order valence-corrected chi connectivity index (χ4v) is 3.93. The number of hydrogen-bond donors (Lipinski definition) is 0. The highest BCUT2D eigenvalue weighted by Gasteiger charge is 2.58. The van der Waals surface area contributed by atoms with Crippen molar-refractivity contribution < 1.29 is 22.9 Å². The van der Waals surface area contributed by atoms with Crippen LogP contribution in [0, 0.1) is 16.0 Å². The van der Waals surface area contributed by atoms with E-state index < -0.39 is 29.6 Å². The van der Waals surface area contributed by atoms with Crippen LogP contribution >= 0.6 is 0 Å². The number of halogens is 3. The van der Waals surface area contributed by atoms with E-state index in [1.165, 1.54) is 12.1 Å². The van der Waals surface area contributed by atoms with E-state index in [4.69, 9.17) is 0 Å².